The van der Waals surface area contributed by atoms with Gasteiger partial charge in [-0.05, 0) is 37.1 Å². The van der Waals surface area contributed by atoms with Gasteiger partial charge in [0.15, 0.2) is 0 Å². The molecule has 0 spiro atoms. The molecule has 25 heavy (non-hydrogen) atoms. The average Bonchev–Trinajstić information content (AvgIpc) is 3.24. The Bertz CT molecular complexity index is 862. The number of carbonyl (C=O) groups excluding carboxylic acids is 1. The van der Waals surface area contributed by atoms with Gasteiger partial charge in [0.2, 0.25) is 21.8 Å². The molecule has 1 amide bonds. The molecular weight excluding hydrogens is 348 g/mol. The molecule has 2 aromatic rings. The van der Waals surface area contributed by atoms with Gasteiger partial charge in [-0.15, -0.1) is 5.10 Å². The van der Waals surface area contributed by atoms with Crippen LogP contribution >= 0.6 is 0 Å². The highest BCUT2D eigenvalue weighted by Gasteiger charge is 2.37. The first kappa shape index (κ1) is 17.4. The summed E-state index contributed by atoms with van der Waals surface area (Å²) in [6.45, 7) is 0.331. The fraction of sp³-hybridized carbons (Fsp3) is 0.400. The Balaban J connectivity index is 1.71. The van der Waals surface area contributed by atoms with Crippen LogP contribution in [0.2, 0.25) is 0 Å². The summed E-state index contributed by atoms with van der Waals surface area (Å²) >= 11 is 0. The van der Waals surface area contributed by atoms with Gasteiger partial charge in [0.05, 0.1) is 13.4 Å². The number of sulfonamides is 1. The Kier molecular flexibility index (Phi) is 4.73. The monoisotopic (exact) mass is 366 g/mol. The van der Waals surface area contributed by atoms with Crippen molar-refractivity contribution in [2.45, 2.75) is 18.9 Å². The van der Waals surface area contributed by atoms with E-state index < -0.39 is 22.0 Å². The molecule has 1 aliphatic heterocycles. The zero-order chi connectivity index (χ0) is 18.0. The summed E-state index contributed by atoms with van der Waals surface area (Å²) in [6, 6.07) is 6.17. The number of nitrogens with one attached hydrogen (secondary N) is 1. The molecule has 0 radical (unpaired) electrons. The van der Waals surface area contributed by atoms with Crippen LogP contribution in [0.25, 0.3) is 11.5 Å². The van der Waals surface area contributed by atoms with E-state index in [0.29, 0.717) is 30.7 Å². The predicted octanol–water partition coefficient (Wildman–Crippen LogP) is 1.11. The summed E-state index contributed by atoms with van der Waals surface area (Å²) in [6.07, 6.45) is 2.18. The van der Waals surface area contributed by atoms with Crippen LogP contribution in [0.1, 0.15) is 12.8 Å². The molecule has 2 heterocycles. The average molecular weight is 366 g/mol. The highest BCUT2D eigenvalue weighted by Crippen LogP contribution is 2.24. The SMILES string of the molecule is COc1ccc(-c2nnc(NC(=O)C3CCCN3S(C)(=O)=O)o2)cc1. The molecule has 0 saturated carbocycles. The molecule has 1 atom stereocenters. The summed E-state index contributed by atoms with van der Waals surface area (Å²) in [5.74, 6) is 0.455. The van der Waals surface area contributed by atoms with E-state index in [4.69, 9.17) is 9.15 Å². The molecule has 1 aliphatic rings. The van der Waals surface area contributed by atoms with Crippen LogP contribution in [-0.2, 0) is 14.8 Å². The highest BCUT2D eigenvalue weighted by atomic mass is 32.2. The fourth-order valence-electron chi connectivity index (χ4n) is 2.71. The minimum atomic E-state index is -3.44. The lowest BCUT2D eigenvalue weighted by Gasteiger charge is -2.20. The van der Waals surface area contributed by atoms with E-state index in [0.717, 1.165) is 6.26 Å². The van der Waals surface area contributed by atoms with Gasteiger partial charge < -0.3 is 9.15 Å². The summed E-state index contributed by atoms with van der Waals surface area (Å²) in [5, 5.41) is 10.2. The van der Waals surface area contributed by atoms with E-state index in [1.54, 1.807) is 31.4 Å². The molecule has 1 fully saturated rings. The van der Waals surface area contributed by atoms with E-state index in [2.05, 4.69) is 15.5 Å². The Morgan fingerprint density at radius 2 is 2.04 bits per heavy atom. The van der Waals surface area contributed by atoms with Gasteiger partial charge >= 0.3 is 6.01 Å². The number of hydrogen-bond donors (Lipinski definition) is 1. The van der Waals surface area contributed by atoms with Crippen LogP contribution in [0.3, 0.4) is 0 Å². The Hall–Kier alpha value is -2.46. The fourth-order valence-corrected chi connectivity index (χ4v) is 3.84. The number of methoxy groups -OCH3 is 1. The van der Waals surface area contributed by atoms with Gasteiger partial charge in [0.25, 0.3) is 0 Å². The third-order valence-electron chi connectivity index (χ3n) is 3.92. The zero-order valence-corrected chi connectivity index (χ0v) is 14.6. The molecule has 134 valence electrons. The second-order valence-electron chi connectivity index (χ2n) is 5.66. The van der Waals surface area contributed by atoms with Gasteiger partial charge in [-0.1, -0.05) is 5.10 Å². The summed E-state index contributed by atoms with van der Waals surface area (Å²) < 4.78 is 35.1. The number of benzene rings is 1. The molecule has 1 aromatic carbocycles. The summed E-state index contributed by atoms with van der Waals surface area (Å²) in [5.41, 5.74) is 0.674. The summed E-state index contributed by atoms with van der Waals surface area (Å²) in [7, 11) is -1.87. The molecule has 9 nitrogen and oxygen atoms in total. The maximum Gasteiger partial charge on any atom is 0.322 e. The second-order valence-corrected chi connectivity index (χ2v) is 7.60. The van der Waals surface area contributed by atoms with Crippen molar-refractivity contribution in [3.63, 3.8) is 0 Å². The third kappa shape index (κ3) is 3.80. The third-order valence-corrected chi connectivity index (χ3v) is 5.21. The summed E-state index contributed by atoms with van der Waals surface area (Å²) in [4.78, 5) is 12.3. The Morgan fingerprint density at radius 3 is 2.68 bits per heavy atom. The van der Waals surface area contributed by atoms with Crippen molar-refractivity contribution in [3.05, 3.63) is 24.3 Å². The van der Waals surface area contributed by atoms with Gasteiger partial charge in [0.1, 0.15) is 11.8 Å². The van der Waals surface area contributed by atoms with Crippen LogP contribution in [0.5, 0.6) is 5.75 Å². The minimum Gasteiger partial charge on any atom is -0.497 e. The van der Waals surface area contributed by atoms with Gasteiger partial charge in [0, 0.05) is 12.1 Å². The number of carbonyl (C=O) groups is 1. The zero-order valence-electron chi connectivity index (χ0n) is 13.8. The van der Waals surface area contributed by atoms with E-state index in [9.17, 15) is 13.2 Å². The second kappa shape index (κ2) is 6.81. The minimum absolute atomic E-state index is 0.0730. The van der Waals surface area contributed by atoms with Crippen molar-refractivity contribution in [3.8, 4) is 17.2 Å². The smallest absolute Gasteiger partial charge is 0.322 e. The van der Waals surface area contributed by atoms with E-state index in [1.807, 2.05) is 0 Å². The molecule has 1 aromatic heterocycles. The molecule has 3 rings (SSSR count). The molecule has 10 heteroatoms. The molecule has 0 bridgehead atoms. The quantitative estimate of drug-likeness (QED) is 0.843. The number of rotatable bonds is 5. The maximum absolute atomic E-state index is 12.3. The number of anilines is 1. The predicted molar refractivity (Wildman–Crippen MR) is 89.5 cm³/mol. The van der Waals surface area contributed by atoms with Crippen molar-refractivity contribution in [2.24, 2.45) is 0 Å². The van der Waals surface area contributed by atoms with Crippen LogP contribution in [0.15, 0.2) is 28.7 Å². The lowest BCUT2D eigenvalue weighted by molar-refractivity contribution is -0.119. The number of nitrogens with zero attached hydrogens (tertiary/aromatic N) is 3. The largest absolute Gasteiger partial charge is 0.497 e. The first-order valence-corrected chi connectivity index (χ1v) is 9.49. The van der Waals surface area contributed by atoms with E-state index in [1.165, 1.54) is 4.31 Å². The van der Waals surface area contributed by atoms with Crippen molar-refractivity contribution >= 4 is 21.9 Å². The van der Waals surface area contributed by atoms with Gasteiger partial charge in [-0.25, -0.2) is 8.42 Å². The van der Waals surface area contributed by atoms with Crippen LogP contribution in [-0.4, -0.2) is 54.8 Å². The molecule has 1 saturated heterocycles. The molecule has 0 aliphatic carbocycles. The normalized spacial score (nSPS) is 18.2. The van der Waals surface area contributed by atoms with E-state index >= 15 is 0 Å². The first-order chi connectivity index (χ1) is 11.9. The molecule has 1 unspecified atom stereocenters. The standard InChI is InChI=1S/C15H18N4O5S/c1-23-11-7-5-10(6-8-11)14-17-18-15(24-14)16-13(20)12-4-3-9-19(12)25(2,21)22/h5-8,12H,3-4,9H2,1-2H3,(H,16,18,20). The topological polar surface area (TPSA) is 115 Å². The lowest BCUT2D eigenvalue weighted by atomic mass is 10.2. The number of hydrogen-bond acceptors (Lipinski definition) is 7. The van der Waals surface area contributed by atoms with Crippen molar-refractivity contribution < 1.29 is 22.4 Å². The number of amides is 1. The maximum atomic E-state index is 12.3. The first-order valence-electron chi connectivity index (χ1n) is 7.64. The van der Waals surface area contributed by atoms with Gasteiger partial charge in [-0.2, -0.15) is 4.31 Å². The number of ether oxygens (including phenoxy) is 1. The molecule has 1 N–H and O–H groups in total. The van der Waals surface area contributed by atoms with Gasteiger partial charge in [-0.3, -0.25) is 10.1 Å². The lowest BCUT2D eigenvalue weighted by Crippen LogP contribution is -2.42. The number of aromatic nitrogens is 2. The van der Waals surface area contributed by atoms with E-state index in [-0.39, 0.29) is 11.9 Å². The molecular formula is C15H18N4O5S. The highest BCUT2D eigenvalue weighted by molar-refractivity contribution is 7.88. The van der Waals surface area contributed by atoms with Crippen LogP contribution < -0.4 is 10.1 Å². The van der Waals surface area contributed by atoms with Crippen molar-refractivity contribution in [2.75, 3.05) is 25.2 Å². The Morgan fingerprint density at radius 1 is 1.32 bits per heavy atom. The van der Waals surface area contributed by atoms with Crippen molar-refractivity contribution in [1.29, 1.82) is 0 Å². The van der Waals surface area contributed by atoms with Crippen LogP contribution in [0.4, 0.5) is 6.01 Å². The van der Waals surface area contributed by atoms with Crippen molar-refractivity contribution in [1.82, 2.24) is 14.5 Å². The Labute approximate surface area is 145 Å². The van der Waals surface area contributed by atoms with Crippen LogP contribution in [0, 0.1) is 0 Å².